The van der Waals surface area contributed by atoms with Crippen LogP contribution in [0.15, 0.2) is 59.7 Å². The lowest BCUT2D eigenvalue weighted by atomic mass is 10.0. The normalized spacial score (nSPS) is 15.7. The number of nitrogens with zero attached hydrogens (tertiary/aromatic N) is 2. The van der Waals surface area contributed by atoms with Gasteiger partial charge in [-0.25, -0.2) is 0 Å². The molecule has 0 saturated carbocycles. The first kappa shape index (κ1) is 13.2. The molecule has 0 fully saturated rings. The van der Waals surface area contributed by atoms with E-state index in [0.717, 1.165) is 29.6 Å². The van der Waals surface area contributed by atoms with Crippen LogP contribution in [0.1, 0.15) is 17.3 Å². The molecule has 0 bridgehead atoms. The lowest BCUT2D eigenvalue weighted by molar-refractivity contribution is 0.638. The Balaban J connectivity index is 1.79. The molecule has 1 atom stereocenters. The third-order valence-electron chi connectivity index (χ3n) is 3.22. The van der Waals surface area contributed by atoms with Crippen LogP contribution in [0, 0.1) is 0 Å². The number of aliphatic imine (C=N–C) groups is 1. The summed E-state index contributed by atoms with van der Waals surface area (Å²) >= 11 is 1.79. The van der Waals surface area contributed by atoms with Gasteiger partial charge in [-0.05, 0) is 17.7 Å². The SMILES string of the molecule is c1ccc([C@H](Cc2ccccn2)NC2=NCCS2)cc1. The van der Waals surface area contributed by atoms with Crippen molar-refractivity contribution in [2.45, 2.75) is 12.5 Å². The summed E-state index contributed by atoms with van der Waals surface area (Å²) in [5.74, 6) is 1.08. The fourth-order valence-electron chi connectivity index (χ4n) is 2.24. The van der Waals surface area contributed by atoms with E-state index in [1.54, 1.807) is 11.8 Å². The first-order valence-electron chi connectivity index (χ1n) is 6.80. The second-order valence-electron chi connectivity index (χ2n) is 4.67. The lowest BCUT2D eigenvalue weighted by Gasteiger charge is -2.19. The van der Waals surface area contributed by atoms with Crippen LogP contribution < -0.4 is 5.32 Å². The third kappa shape index (κ3) is 3.39. The van der Waals surface area contributed by atoms with Gasteiger partial charge in [0.25, 0.3) is 0 Å². The van der Waals surface area contributed by atoms with Crippen molar-refractivity contribution in [3.8, 4) is 0 Å². The number of benzene rings is 1. The maximum atomic E-state index is 4.49. The van der Waals surface area contributed by atoms with Crippen molar-refractivity contribution in [1.29, 1.82) is 0 Å². The second-order valence-corrected chi connectivity index (χ2v) is 5.75. The Bertz CT molecular complexity index is 569. The van der Waals surface area contributed by atoms with E-state index in [4.69, 9.17) is 0 Å². The van der Waals surface area contributed by atoms with E-state index in [-0.39, 0.29) is 6.04 Å². The van der Waals surface area contributed by atoms with Gasteiger partial charge in [0, 0.05) is 24.1 Å². The smallest absolute Gasteiger partial charge is 0.157 e. The molecule has 0 radical (unpaired) electrons. The summed E-state index contributed by atoms with van der Waals surface area (Å²) in [6.07, 6.45) is 2.71. The average molecular weight is 283 g/mol. The fraction of sp³-hybridized carbons (Fsp3) is 0.250. The summed E-state index contributed by atoms with van der Waals surface area (Å²) in [4.78, 5) is 8.92. The summed E-state index contributed by atoms with van der Waals surface area (Å²) in [5.41, 5.74) is 2.37. The molecule has 1 N–H and O–H groups in total. The van der Waals surface area contributed by atoms with Crippen LogP contribution in [-0.2, 0) is 6.42 Å². The number of pyridine rings is 1. The summed E-state index contributed by atoms with van der Waals surface area (Å²) in [7, 11) is 0. The predicted molar refractivity (Wildman–Crippen MR) is 85.0 cm³/mol. The summed E-state index contributed by atoms with van der Waals surface area (Å²) in [6.45, 7) is 0.915. The van der Waals surface area contributed by atoms with Gasteiger partial charge < -0.3 is 5.32 Å². The maximum Gasteiger partial charge on any atom is 0.157 e. The molecule has 3 rings (SSSR count). The van der Waals surface area contributed by atoms with Crippen molar-refractivity contribution >= 4 is 16.9 Å². The number of nitrogens with one attached hydrogen (secondary N) is 1. The molecule has 0 unspecified atom stereocenters. The van der Waals surface area contributed by atoms with E-state index in [1.807, 2.05) is 24.4 Å². The minimum atomic E-state index is 0.218. The predicted octanol–water partition coefficient (Wildman–Crippen LogP) is 3.06. The molecule has 1 aliphatic rings. The van der Waals surface area contributed by atoms with Crippen molar-refractivity contribution in [1.82, 2.24) is 10.3 Å². The van der Waals surface area contributed by atoms with E-state index in [0.29, 0.717) is 0 Å². The van der Waals surface area contributed by atoms with Crippen molar-refractivity contribution in [2.24, 2.45) is 4.99 Å². The van der Waals surface area contributed by atoms with Crippen LogP contribution in [-0.4, -0.2) is 22.4 Å². The molecule has 0 saturated heterocycles. The molecule has 0 amide bonds. The molecule has 3 nitrogen and oxygen atoms in total. The van der Waals surface area contributed by atoms with E-state index in [1.165, 1.54) is 5.56 Å². The molecule has 2 heterocycles. The van der Waals surface area contributed by atoms with Gasteiger partial charge in [-0.2, -0.15) is 0 Å². The van der Waals surface area contributed by atoms with Gasteiger partial charge in [0.1, 0.15) is 0 Å². The van der Waals surface area contributed by atoms with Crippen molar-refractivity contribution in [2.75, 3.05) is 12.3 Å². The lowest BCUT2D eigenvalue weighted by Crippen LogP contribution is -2.27. The molecule has 4 heteroatoms. The van der Waals surface area contributed by atoms with Crippen molar-refractivity contribution in [3.05, 3.63) is 66.0 Å². The minimum Gasteiger partial charge on any atom is -0.358 e. The van der Waals surface area contributed by atoms with Crippen LogP contribution in [0.5, 0.6) is 0 Å². The van der Waals surface area contributed by atoms with Gasteiger partial charge in [0.05, 0.1) is 12.6 Å². The first-order chi connectivity index (χ1) is 9.92. The standard InChI is InChI=1S/C16H17N3S/c1-2-6-13(7-3-1)15(19-16-18-10-11-20-16)12-14-8-4-5-9-17-14/h1-9,15H,10-12H2,(H,18,19)/t15-/m0/s1. The van der Waals surface area contributed by atoms with E-state index < -0.39 is 0 Å². The van der Waals surface area contributed by atoms with Gasteiger partial charge in [0.2, 0.25) is 0 Å². The quantitative estimate of drug-likeness (QED) is 0.937. The first-order valence-corrected chi connectivity index (χ1v) is 7.79. The highest BCUT2D eigenvalue weighted by atomic mass is 32.2. The zero-order valence-corrected chi connectivity index (χ0v) is 12.0. The molecule has 2 aromatic rings. The summed E-state index contributed by atoms with van der Waals surface area (Å²) in [5, 5.41) is 4.60. The Morgan fingerprint density at radius 2 is 1.95 bits per heavy atom. The Morgan fingerprint density at radius 3 is 2.65 bits per heavy atom. The van der Waals surface area contributed by atoms with Crippen LogP contribution in [0.25, 0.3) is 0 Å². The van der Waals surface area contributed by atoms with E-state index >= 15 is 0 Å². The molecule has 1 aromatic heterocycles. The topological polar surface area (TPSA) is 37.3 Å². The Labute approximate surface area is 123 Å². The van der Waals surface area contributed by atoms with Crippen molar-refractivity contribution in [3.63, 3.8) is 0 Å². The fourth-order valence-corrected chi connectivity index (χ4v) is 3.02. The summed E-state index contributed by atoms with van der Waals surface area (Å²) in [6, 6.07) is 16.8. The molecular formula is C16H17N3S. The van der Waals surface area contributed by atoms with Gasteiger partial charge in [0.15, 0.2) is 5.17 Å². The number of rotatable bonds is 4. The maximum absolute atomic E-state index is 4.49. The molecule has 0 aliphatic carbocycles. The highest BCUT2D eigenvalue weighted by Gasteiger charge is 2.16. The summed E-state index contributed by atoms with van der Waals surface area (Å²) < 4.78 is 0. The third-order valence-corrected chi connectivity index (χ3v) is 4.13. The minimum absolute atomic E-state index is 0.218. The monoisotopic (exact) mass is 283 g/mol. The zero-order chi connectivity index (χ0) is 13.6. The molecule has 20 heavy (non-hydrogen) atoms. The zero-order valence-electron chi connectivity index (χ0n) is 11.2. The Hall–Kier alpha value is -1.81. The van der Waals surface area contributed by atoms with E-state index in [9.17, 15) is 0 Å². The van der Waals surface area contributed by atoms with Gasteiger partial charge >= 0.3 is 0 Å². The molecular weight excluding hydrogens is 266 g/mol. The van der Waals surface area contributed by atoms with E-state index in [2.05, 4.69) is 45.6 Å². The van der Waals surface area contributed by atoms with Gasteiger partial charge in [-0.15, -0.1) is 0 Å². The van der Waals surface area contributed by atoms with Crippen molar-refractivity contribution < 1.29 is 0 Å². The number of hydrogen-bond acceptors (Lipinski definition) is 4. The largest absolute Gasteiger partial charge is 0.358 e. The molecule has 0 spiro atoms. The Morgan fingerprint density at radius 1 is 1.10 bits per heavy atom. The van der Waals surface area contributed by atoms with Gasteiger partial charge in [-0.1, -0.05) is 48.2 Å². The number of aromatic nitrogens is 1. The van der Waals surface area contributed by atoms with Gasteiger partial charge in [-0.3, -0.25) is 9.98 Å². The molecule has 102 valence electrons. The highest BCUT2D eigenvalue weighted by molar-refractivity contribution is 8.14. The molecule has 1 aromatic carbocycles. The van der Waals surface area contributed by atoms with Crippen LogP contribution in [0.4, 0.5) is 0 Å². The number of hydrogen-bond donors (Lipinski definition) is 1. The van der Waals surface area contributed by atoms with Crippen LogP contribution >= 0.6 is 11.8 Å². The van der Waals surface area contributed by atoms with Crippen LogP contribution in [0.3, 0.4) is 0 Å². The Kier molecular flexibility index (Phi) is 4.33. The number of thioether (sulfide) groups is 1. The highest BCUT2D eigenvalue weighted by Crippen LogP contribution is 2.20. The van der Waals surface area contributed by atoms with Crippen LogP contribution in [0.2, 0.25) is 0 Å². The average Bonchev–Trinajstić information content (AvgIpc) is 3.02. The number of amidine groups is 1. The second kappa shape index (κ2) is 6.57. The molecule has 1 aliphatic heterocycles.